The maximum Gasteiger partial charge on any atom is 0.363 e. The fourth-order valence-electron chi connectivity index (χ4n) is 2.26. The Hall–Kier alpha value is -2.70. The van der Waals surface area contributed by atoms with Crippen LogP contribution in [-0.4, -0.2) is 16.8 Å². The van der Waals surface area contributed by atoms with Crippen LogP contribution in [0.4, 0.5) is 5.69 Å². The molecule has 0 atom stereocenters. The molecule has 0 unspecified atom stereocenters. The highest BCUT2D eigenvalue weighted by Gasteiger charge is 2.26. The third kappa shape index (κ3) is 3.55. The van der Waals surface area contributed by atoms with Gasteiger partial charge in [0, 0.05) is 16.7 Å². The number of hydrogen-bond donors (Lipinski definition) is 0. The van der Waals surface area contributed by atoms with Crippen molar-refractivity contribution in [1.29, 1.82) is 0 Å². The summed E-state index contributed by atoms with van der Waals surface area (Å²) in [5, 5.41) is 11.8. The summed E-state index contributed by atoms with van der Waals surface area (Å²) in [7, 11) is 0. The standard InChI is InChI=1S/C17H10Cl2N2O4/c1-9-2-3-10(7-15(9)21(23)24)6-14-17(22)25-16(20-14)12-5-4-11(18)8-13(12)19/h2-8H,1H3/b14-6-. The van der Waals surface area contributed by atoms with Crippen molar-refractivity contribution in [3.05, 3.63) is 78.9 Å². The molecule has 0 radical (unpaired) electrons. The molecule has 0 spiro atoms. The molecule has 6 nitrogen and oxygen atoms in total. The van der Waals surface area contributed by atoms with Gasteiger partial charge < -0.3 is 4.74 Å². The summed E-state index contributed by atoms with van der Waals surface area (Å²) in [5.74, 6) is -0.608. The van der Waals surface area contributed by atoms with Gasteiger partial charge in [0.05, 0.1) is 15.5 Å². The molecule has 1 aliphatic heterocycles. The van der Waals surface area contributed by atoms with Gasteiger partial charge >= 0.3 is 5.97 Å². The highest BCUT2D eigenvalue weighted by atomic mass is 35.5. The molecular weight excluding hydrogens is 367 g/mol. The molecule has 1 heterocycles. The molecule has 0 amide bonds. The monoisotopic (exact) mass is 376 g/mol. The molecule has 3 rings (SSSR count). The van der Waals surface area contributed by atoms with Gasteiger partial charge in [-0.1, -0.05) is 35.3 Å². The minimum atomic E-state index is -0.663. The normalized spacial score (nSPS) is 15.2. The Bertz CT molecular complexity index is 967. The van der Waals surface area contributed by atoms with Gasteiger partial charge in [-0.25, -0.2) is 9.79 Å². The maximum atomic E-state index is 12.0. The van der Waals surface area contributed by atoms with Crippen molar-refractivity contribution >= 4 is 46.8 Å². The highest BCUT2D eigenvalue weighted by molar-refractivity contribution is 6.37. The van der Waals surface area contributed by atoms with Crippen molar-refractivity contribution in [2.75, 3.05) is 0 Å². The second-order valence-electron chi connectivity index (χ2n) is 5.26. The van der Waals surface area contributed by atoms with E-state index in [1.165, 1.54) is 18.2 Å². The summed E-state index contributed by atoms with van der Waals surface area (Å²) in [5.41, 5.74) is 1.41. The minimum Gasteiger partial charge on any atom is -0.402 e. The van der Waals surface area contributed by atoms with Crippen molar-refractivity contribution in [1.82, 2.24) is 0 Å². The third-order valence-corrected chi connectivity index (χ3v) is 4.06. The van der Waals surface area contributed by atoms with Gasteiger partial charge in [0.2, 0.25) is 5.90 Å². The molecule has 0 N–H and O–H groups in total. The lowest BCUT2D eigenvalue weighted by atomic mass is 10.1. The first kappa shape index (κ1) is 17.1. The van der Waals surface area contributed by atoms with Crippen LogP contribution in [0.5, 0.6) is 0 Å². The summed E-state index contributed by atoms with van der Waals surface area (Å²) >= 11 is 11.9. The Balaban J connectivity index is 1.99. The molecule has 0 fully saturated rings. The zero-order valence-corrected chi connectivity index (χ0v) is 14.3. The molecule has 0 saturated carbocycles. The van der Waals surface area contributed by atoms with Crippen LogP contribution in [0.15, 0.2) is 47.1 Å². The summed E-state index contributed by atoms with van der Waals surface area (Å²) < 4.78 is 5.14. The number of nitro groups is 1. The lowest BCUT2D eigenvalue weighted by Gasteiger charge is -2.02. The van der Waals surface area contributed by atoms with E-state index in [2.05, 4.69) is 4.99 Å². The number of carbonyl (C=O) groups excluding carboxylic acids is 1. The average Bonchev–Trinajstić information content (AvgIpc) is 2.89. The van der Waals surface area contributed by atoms with Crippen LogP contribution in [0, 0.1) is 17.0 Å². The van der Waals surface area contributed by atoms with Crippen LogP contribution >= 0.6 is 23.2 Å². The van der Waals surface area contributed by atoms with Crippen molar-refractivity contribution in [2.45, 2.75) is 6.92 Å². The van der Waals surface area contributed by atoms with E-state index in [4.69, 9.17) is 27.9 Å². The lowest BCUT2D eigenvalue weighted by molar-refractivity contribution is -0.385. The fourth-order valence-corrected chi connectivity index (χ4v) is 2.75. The number of esters is 1. The molecule has 2 aromatic rings. The number of benzene rings is 2. The summed E-state index contributed by atoms with van der Waals surface area (Å²) in [6, 6.07) is 9.34. The average molecular weight is 377 g/mol. The number of nitro benzene ring substituents is 1. The Morgan fingerprint density at radius 2 is 1.96 bits per heavy atom. The van der Waals surface area contributed by atoms with E-state index in [-0.39, 0.29) is 17.3 Å². The first-order valence-corrected chi connectivity index (χ1v) is 7.84. The summed E-state index contributed by atoms with van der Waals surface area (Å²) in [4.78, 5) is 26.7. The molecular formula is C17H10Cl2N2O4. The molecule has 126 valence electrons. The topological polar surface area (TPSA) is 81.8 Å². The van der Waals surface area contributed by atoms with Crippen LogP contribution in [0.2, 0.25) is 10.0 Å². The molecule has 0 aromatic heterocycles. The maximum absolute atomic E-state index is 12.0. The first-order chi connectivity index (χ1) is 11.8. The van der Waals surface area contributed by atoms with Gasteiger partial charge in [-0.2, -0.15) is 0 Å². The molecule has 2 aromatic carbocycles. The number of halogens is 2. The Morgan fingerprint density at radius 3 is 2.64 bits per heavy atom. The molecule has 0 saturated heterocycles. The predicted octanol–water partition coefficient (Wildman–Crippen LogP) is 4.55. The number of rotatable bonds is 3. The van der Waals surface area contributed by atoms with Crippen LogP contribution in [0.25, 0.3) is 6.08 Å². The summed E-state index contributed by atoms with van der Waals surface area (Å²) in [6.07, 6.45) is 1.42. The third-order valence-electron chi connectivity index (χ3n) is 3.52. The molecule has 0 bridgehead atoms. The number of ether oxygens (including phenoxy) is 1. The van der Waals surface area contributed by atoms with Gasteiger partial charge in [-0.15, -0.1) is 0 Å². The first-order valence-electron chi connectivity index (χ1n) is 7.08. The summed E-state index contributed by atoms with van der Waals surface area (Å²) in [6.45, 7) is 1.64. The van der Waals surface area contributed by atoms with Gasteiger partial charge in [0.1, 0.15) is 0 Å². The predicted molar refractivity (Wildman–Crippen MR) is 94.9 cm³/mol. The van der Waals surface area contributed by atoms with E-state index >= 15 is 0 Å². The van der Waals surface area contributed by atoms with E-state index in [1.807, 2.05) is 0 Å². The van der Waals surface area contributed by atoms with Gasteiger partial charge in [0.25, 0.3) is 5.69 Å². The van der Waals surface area contributed by atoms with E-state index in [0.29, 0.717) is 26.7 Å². The van der Waals surface area contributed by atoms with Crippen LogP contribution in [-0.2, 0) is 9.53 Å². The largest absolute Gasteiger partial charge is 0.402 e. The number of hydrogen-bond acceptors (Lipinski definition) is 5. The van der Waals surface area contributed by atoms with E-state index < -0.39 is 10.9 Å². The lowest BCUT2D eigenvalue weighted by Crippen LogP contribution is -2.05. The van der Waals surface area contributed by atoms with Gasteiger partial charge in [-0.3, -0.25) is 10.1 Å². The smallest absolute Gasteiger partial charge is 0.363 e. The number of aliphatic imine (C=N–C) groups is 1. The van der Waals surface area contributed by atoms with E-state index in [0.717, 1.165) is 0 Å². The van der Waals surface area contributed by atoms with Gasteiger partial charge in [0.15, 0.2) is 5.70 Å². The van der Waals surface area contributed by atoms with E-state index in [1.54, 1.807) is 31.2 Å². The van der Waals surface area contributed by atoms with Crippen LogP contribution < -0.4 is 0 Å². The number of nitrogens with zero attached hydrogens (tertiary/aromatic N) is 2. The number of aryl methyl sites for hydroxylation is 1. The van der Waals surface area contributed by atoms with Crippen molar-refractivity contribution < 1.29 is 14.5 Å². The minimum absolute atomic E-state index is 0.0270. The Morgan fingerprint density at radius 1 is 1.20 bits per heavy atom. The van der Waals surface area contributed by atoms with Crippen LogP contribution in [0.3, 0.4) is 0 Å². The SMILES string of the molecule is Cc1ccc(/C=C2\N=C(c3ccc(Cl)cc3Cl)OC2=O)cc1[N+](=O)[O-]. The second-order valence-corrected chi connectivity index (χ2v) is 6.11. The molecule has 25 heavy (non-hydrogen) atoms. The molecule has 8 heteroatoms. The van der Waals surface area contributed by atoms with Crippen molar-refractivity contribution in [2.24, 2.45) is 4.99 Å². The van der Waals surface area contributed by atoms with Gasteiger partial charge in [-0.05, 0) is 36.8 Å². The Kier molecular flexibility index (Phi) is 4.57. The second kappa shape index (κ2) is 6.66. The fraction of sp³-hybridized carbons (Fsp3) is 0.0588. The van der Waals surface area contributed by atoms with Crippen molar-refractivity contribution in [3.8, 4) is 0 Å². The Labute approximate surface area is 152 Å². The van der Waals surface area contributed by atoms with Crippen LogP contribution in [0.1, 0.15) is 16.7 Å². The quantitative estimate of drug-likeness (QED) is 0.340. The van der Waals surface area contributed by atoms with E-state index in [9.17, 15) is 14.9 Å². The zero-order chi connectivity index (χ0) is 18.1. The molecule has 0 aliphatic carbocycles. The molecule has 1 aliphatic rings. The highest BCUT2D eigenvalue weighted by Crippen LogP contribution is 2.27. The number of carbonyl (C=O) groups is 1. The number of cyclic esters (lactones) is 1. The van der Waals surface area contributed by atoms with Crippen molar-refractivity contribution in [3.63, 3.8) is 0 Å². The zero-order valence-electron chi connectivity index (χ0n) is 12.8.